The zero-order chi connectivity index (χ0) is 11.3. The Labute approximate surface area is 92.7 Å². The van der Waals surface area contributed by atoms with E-state index in [-0.39, 0.29) is 5.54 Å². The fraction of sp³-hybridized carbons (Fsp3) is 1.00. The molecule has 0 spiro atoms. The summed E-state index contributed by atoms with van der Waals surface area (Å²) >= 11 is 0. The molecule has 4 heteroatoms. The minimum Gasteiger partial charge on any atom is -0.383 e. The molecule has 1 heterocycles. The lowest BCUT2D eigenvalue weighted by Crippen LogP contribution is -2.55. The minimum atomic E-state index is 0.00201. The maximum atomic E-state index is 5.91. The van der Waals surface area contributed by atoms with Crippen molar-refractivity contribution in [2.75, 3.05) is 40.5 Å². The first-order valence-electron chi connectivity index (χ1n) is 5.69. The molecule has 0 aromatic rings. The first kappa shape index (κ1) is 12.9. The normalized spacial score (nSPS) is 26.8. The Bertz CT molecular complexity index is 183. The van der Waals surface area contributed by atoms with E-state index in [0.29, 0.717) is 19.3 Å². The van der Waals surface area contributed by atoms with Gasteiger partial charge in [-0.25, -0.2) is 0 Å². The second kappa shape index (κ2) is 5.80. The number of hydrogen-bond donors (Lipinski definition) is 1. The van der Waals surface area contributed by atoms with Crippen molar-refractivity contribution < 1.29 is 9.47 Å². The van der Waals surface area contributed by atoms with Crippen LogP contribution in [-0.4, -0.2) is 57.0 Å². The summed E-state index contributed by atoms with van der Waals surface area (Å²) in [7, 11) is 3.52. The lowest BCUT2D eigenvalue weighted by atomic mass is 9.95. The summed E-state index contributed by atoms with van der Waals surface area (Å²) in [4.78, 5) is 2.42. The highest BCUT2D eigenvalue weighted by Gasteiger charge is 2.38. The van der Waals surface area contributed by atoms with Crippen molar-refractivity contribution >= 4 is 0 Å². The van der Waals surface area contributed by atoms with Gasteiger partial charge in [0.15, 0.2) is 0 Å². The third-order valence-electron chi connectivity index (χ3n) is 3.60. The van der Waals surface area contributed by atoms with Gasteiger partial charge in [0, 0.05) is 33.9 Å². The molecule has 0 aliphatic carbocycles. The van der Waals surface area contributed by atoms with E-state index in [4.69, 9.17) is 15.2 Å². The smallest absolute Gasteiger partial charge is 0.0710 e. The second-order valence-electron chi connectivity index (χ2n) is 4.31. The molecule has 2 unspecified atom stereocenters. The predicted octanol–water partition coefficient (Wildman–Crippen LogP) is 0.461. The van der Waals surface area contributed by atoms with E-state index in [1.807, 2.05) is 0 Å². The van der Waals surface area contributed by atoms with Crippen molar-refractivity contribution in [3.05, 3.63) is 0 Å². The molecule has 15 heavy (non-hydrogen) atoms. The molecule has 0 bridgehead atoms. The Morgan fingerprint density at radius 2 is 2.20 bits per heavy atom. The van der Waals surface area contributed by atoms with Crippen LogP contribution in [0.25, 0.3) is 0 Å². The molecule has 1 aliphatic rings. The Hall–Kier alpha value is -0.160. The van der Waals surface area contributed by atoms with Gasteiger partial charge in [0.25, 0.3) is 0 Å². The van der Waals surface area contributed by atoms with Gasteiger partial charge in [0.2, 0.25) is 0 Å². The first-order valence-corrected chi connectivity index (χ1v) is 5.69. The number of nitrogens with zero attached hydrogens (tertiary/aromatic N) is 1. The molecule has 1 fully saturated rings. The molecule has 2 atom stereocenters. The lowest BCUT2D eigenvalue weighted by Gasteiger charge is -2.40. The highest BCUT2D eigenvalue weighted by molar-refractivity contribution is 4.95. The molecule has 0 aromatic carbocycles. The van der Waals surface area contributed by atoms with Gasteiger partial charge in [-0.2, -0.15) is 0 Å². The Balaban J connectivity index is 2.64. The Morgan fingerprint density at radius 3 is 2.60 bits per heavy atom. The third kappa shape index (κ3) is 2.69. The number of hydrogen-bond acceptors (Lipinski definition) is 4. The van der Waals surface area contributed by atoms with Gasteiger partial charge < -0.3 is 15.2 Å². The summed E-state index contributed by atoms with van der Waals surface area (Å²) in [6, 6.07) is 0. The minimum absolute atomic E-state index is 0.00201. The monoisotopic (exact) mass is 216 g/mol. The molecule has 1 aliphatic heterocycles. The van der Waals surface area contributed by atoms with Crippen LogP contribution in [-0.2, 0) is 9.47 Å². The highest BCUT2D eigenvalue weighted by Crippen LogP contribution is 2.25. The molecule has 0 aromatic heterocycles. The fourth-order valence-corrected chi connectivity index (χ4v) is 2.37. The molecule has 0 saturated carbocycles. The highest BCUT2D eigenvalue weighted by atomic mass is 16.5. The van der Waals surface area contributed by atoms with Crippen molar-refractivity contribution in [2.45, 2.75) is 31.4 Å². The van der Waals surface area contributed by atoms with Crippen LogP contribution in [0.3, 0.4) is 0 Å². The third-order valence-corrected chi connectivity index (χ3v) is 3.60. The SMILES string of the molecule is CCC(CN)(COC)N1CCC(OC)C1. The van der Waals surface area contributed by atoms with Gasteiger partial charge >= 0.3 is 0 Å². The number of nitrogens with two attached hydrogens (primary N) is 1. The molecule has 1 saturated heterocycles. The quantitative estimate of drug-likeness (QED) is 0.701. The van der Waals surface area contributed by atoms with E-state index in [0.717, 1.165) is 25.9 Å². The van der Waals surface area contributed by atoms with Crippen LogP contribution in [0, 0.1) is 0 Å². The zero-order valence-corrected chi connectivity index (χ0v) is 10.2. The lowest BCUT2D eigenvalue weighted by molar-refractivity contribution is 0.0142. The van der Waals surface area contributed by atoms with Crippen molar-refractivity contribution in [1.29, 1.82) is 0 Å². The standard InChI is InChI=1S/C11H24N2O2/c1-4-11(8-12,9-14-2)13-6-5-10(7-13)15-3/h10H,4-9,12H2,1-3H3. The summed E-state index contributed by atoms with van der Waals surface area (Å²) < 4.78 is 10.7. The maximum absolute atomic E-state index is 5.91. The van der Waals surface area contributed by atoms with Gasteiger partial charge in [-0.1, -0.05) is 6.92 Å². The van der Waals surface area contributed by atoms with E-state index < -0.39 is 0 Å². The summed E-state index contributed by atoms with van der Waals surface area (Å²) in [5, 5.41) is 0. The average molecular weight is 216 g/mol. The zero-order valence-electron chi connectivity index (χ0n) is 10.2. The van der Waals surface area contributed by atoms with Crippen molar-refractivity contribution in [3.8, 4) is 0 Å². The van der Waals surface area contributed by atoms with Gasteiger partial charge in [-0.3, -0.25) is 4.90 Å². The van der Waals surface area contributed by atoms with Crippen molar-refractivity contribution in [2.24, 2.45) is 5.73 Å². The predicted molar refractivity (Wildman–Crippen MR) is 60.9 cm³/mol. The number of likely N-dealkylation sites (tertiary alicyclic amines) is 1. The summed E-state index contributed by atoms with van der Waals surface area (Å²) in [5.41, 5.74) is 5.91. The van der Waals surface area contributed by atoms with Crippen LogP contribution >= 0.6 is 0 Å². The van der Waals surface area contributed by atoms with E-state index in [1.54, 1.807) is 14.2 Å². The molecular weight excluding hydrogens is 192 g/mol. The molecule has 1 rings (SSSR count). The van der Waals surface area contributed by atoms with Gasteiger partial charge in [0.05, 0.1) is 18.2 Å². The van der Waals surface area contributed by atoms with Gasteiger partial charge in [-0.15, -0.1) is 0 Å². The largest absolute Gasteiger partial charge is 0.383 e. The van der Waals surface area contributed by atoms with Gasteiger partial charge in [-0.05, 0) is 12.8 Å². The van der Waals surface area contributed by atoms with E-state index in [9.17, 15) is 0 Å². The van der Waals surface area contributed by atoms with Crippen LogP contribution in [0.15, 0.2) is 0 Å². The Morgan fingerprint density at radius 1 is 1.47 bits per heavy atom. The molecular formula is C11H24N2O2. The van der Waals surface area contributed by atoms with Gasteiger partial charge in [0.1, 0.15) is 0 Å². The first-order chi connectivity index (χ1) is 7.22. The summed E-state index contributed by atoms with van der Waals surface area (Å²) in [5.74, 6) is 0. The summed E-state index contributed by atoms with van der Waals surface area (Å²) in [6.45, 7) is 5.56. The van der Waals surface area contributed by atoms with E-state index in [2.05, 4.69) is 11.8 Å². The molecule has 0 radical (unpaired) electrons. The maximum Gasteiger partial charge on any atom is 0.0710 e. The summed E-state index contributed by atoms with van der Waals surface area (Å²) in [6.07, 6.45) is 2.48. The average Bonchev–Trinajstić information content (AvgIpc) is 2.75. The van der Waals surface area contributed by atoms with Crippen LogP contribution in [0.4, 0.5) is 0 Å². The molecule has 2 N–H and O–H groups in total. The molecule has 0 amide bonds. The van der Waals surface area contributed by atoms with Crippen LogP contribution < -0.4 is 5.73 Å². The molecule has 90 valence electrons. The molecule has 4 nitrogen and oxygen atoms in total. The van der Waals surface area contributed by atoms with Crippen molar-refractivity contribution in [1.82, 2.24) is 4.90 Å². The van der Waals surface area contributed by atoms with Crippen LogP contribution in [0.1, 0.15) is 19.8 Å². The fourth-order valence-electron chi connectivity index (χ4n) is 2.37. The van der Waals surface area contributed by atoms with E-state index in [1.165, 1.54) is 0 Å². The topological polar surface area (TPSA) is 47.7 Å². The number of ether oxygens (including phenoxy) is 2. The van der Waals surface area contributed by atoms with E-state index >= 15 is 0 Å². The second-order valence-corrected chi connectivity index (χ2v) is 4.31. The van der Waals surface area contributed by atoms with Crippen LogP contribution in [0.2, 0.25) is 0 Å². The van der Waals surface area contributed by atoms with Crippen LogP contribution in [0.5, 0.6) is 0 Å². The number of rotatable bonds is 6. The number of methoxy groups -OCH3 is 2. The van der Waals surface area contributed by atoms with Crippen molar-refractivity contribution in [3.63, 3.8) is 0 Å². The Kier molecular flexibility index (Phi) is 4.99.